The van der Waals surface area contributed by atoms with Gasteiger partial charge in [0.1, 0.15) is 0 Å². The Balaban J connectivity index is 2.21. The van der Waals surface area contributed by atoms with E-state index in [1.165, 1.54) is 0 Å². The van der Waals surface area contributed by atoms with Gasteiger partial charge in [0, 0.05) is 31.9 Å². The number of anilines is 1. The summed E-state index contributed by atoms with van der Waals surface area (Å²) in [6.45, 7) is 5.88. The molecule has 0 aliphatic rings. The highest BCUT2D eigenvalue weighted by molar-refractivity contribution is 5.66. The van der Waals surface area contributed by atoms with Crippen LogP contribution in [0.3, 0.4) is 0 Å². The number of imidazole rings is 1. The molecule has 0 fully saturated rings. The number of aryl methyl sites for hydroxylation is 1. The molecular formula is C12H21N3O2. The lowest BCUT2D eigenvalue weighted by molar-refractivity contribution is -0.137. The number of aromatic nitrogens is 2. The van der Waals surface area contributed by atoms with Crippen molar-refractivity contribution in [2.75, 3.05) is 11.9 Å². The molecule has 1 aromatic rings. The van der Waals surface area contributed by atoms with Gasteiger partial charge >= 0.3 is 5.97 Å². The Morgan fingerprint density at radius 2 is 2.35 bits per heavy atom. The zero-order chi connectivity index (χ0) is 12.7. The molecule has 0 bridgehead atoms. The van der Waals surface area contributed by atoms with Crippen LogP contribution in [0.2, 0.25) is 0 Å². The van der Waals surface area contributed by atoms with Crippen LogP contribution in [0, 0.1) is 5.92 Å². The molecule has 2 N–H and O–H groups in total. The van der Waals surface area contributed by atoms with Gasteiger partial charge in [0.05, 0.1) is 0 Å². The third-order valence-electron chi connectivity index (χ3n) is 2.83. The summed E-state index contributed by atoms with van der Waals surface area (Å²) in [6.07, 6.45) is 5.67. The Morgan fingerprint density at radius 3 is 3.00 bits per heavy atom. The molecule has 1 aromatic heterocycles. The molecule has 17 heavy (non-hydrogen) atoms. The molecule has 0 amide bonds. The van der Waals surface area contributed by atoms with Crippen molar-refractivity contribution in [1.82, 2.24) is 9.55 Å². The van der Waals surface area contributed by atoms with Crippen LogP contribution >= 0.6 is 0 Å². The number of nitrogens with zero attached hydrogens (tertiary/aromatic N) is 2. The van der Waals surface area contributed by atoms with Gasteiger partial charge in [0.2, 0.25) is 5.95 Å². The zero-order valence-corrected chi connectivity index (χ0v) is 10.5. The summed E-state index contributed by atoms with van der Waals surface area (Å²) >= 11 is 0. The number of hydrogen-bond donors (Lipinski definition) is 2. The number of rotatable bonds is 8. The molecule has 5 nitrogen and oxygen atoms in total. The van der Waals surface area contributed by atoms with Crippen molar-refractivity contribution in [3.8, 4) is 0 Å². The maximum Gasteiger partial charge on any atom is 0.303 e. The number of aliphatic carboxylic acids is 1. The van der Waals surface area contributed by atoms with Crippen LogP contribution in [0.5, 0.6) is 0 Å². The van der Waals surface area contributed by atoms with E-state index in [0.29, 0.717) is 5.92 Å². The summed E-state index contributed by atoms with van der Waals surface area (Å²) in [4.78, 5) is 14.6. The van der Waals surface area contributed by atoms with Gasteiger partial charge in [-0.2, -0.15) is 0 Å². The maximum absolute atomic E-state index is 10.4. The molecule has 1 unspecified atom stereocenters. The minimum Gasteiger partial charge on any atom is -0.481 e. The van der Waals surface area contributed by atoms with Gasteiger partial charge in [0.15, 0.2) is 0 Å². The number of hydrogen-bond acceptors (Lipinski definition) is 3. The van der Waals surface area contributed by atoms with Crippen molar-refractivity contribution >= 4 is 11.9 Å². The van der Waals surface area contributed by atoms with Crippen LogP contribution in [0.15, 0.2) is 12.4 Å². The molecule has 0 radical (unpaired) electrons. The number of carbonyl (C=O) groups is 1. The fourth-order valence-electron chi connectivity index (χ4n) is 1.68. The predicted octanol–water partition coefficient (Wildman–Crippen LogP) is 2.21. The molecular weight excluding hydrogens is 218 g/mol. The number of carboxylic acids is 1. The van der Waals surface area contributed by atoms with Gasteiger partial charge in [-0.05, 0) is 25.7 Å². The molecule has 5 heteroatoms. The van der Waals surface area contributed by atoms with E-state index in [0.717, 1.165) is 31.9 Å². The monoisotopic (exact) mass is 239 g/mol. The molecule has 0 aromatic carbocycles. The van der Waals surface area contributed by atoms with Crippen molar-refractivity contribution < 1.29 is 9.90 Å². The lowest BCUT2D eigenvalue weighted by atomic mass is 10.0. The van der Waals surface area contributed by atoms with E-state index in [2.05, 4.69) is 24.1 Å². The first-order valence-corrected chi connectivity index (χ1v) is 6.10. The molecule has 0 aliphatic heterocycles. The van der Waals surface area contributed by atoms with Gasteiger partial charge in [-0.15, -0.1) is 0 Å². The second kappa shape index (κ2) is 6.93. The average molecular weight is 239 g/mol. The van der Waals surface area contributed by atoms with Crippen LogP contribution in [0.1, 0.15) is 33.1 Å². The second-order valence-corrected chi connectivity index (χ2v) is 4.29. The number of nitrogens with one attached hydrogen (secondary N) is 1. The van der Waals surface area contributed by atoms with Crippen LogP contribution in [-0.4, -0.2) is 27.2 Å². The van der Waals surface area contributed by atoms with E-state index in [-0.39, 0.29) is 6.42 Å². The van der Waals surface area contributed by atoms with E-state index in [1.807, 2.05) is 10.8 Å². The summed E-state index contributed by atoms with van der Waals surface area (Å²) in [5.41, 5.74) is 0. The molecule has 0 aliphatic carbocycles. The highest BCUT2D eigenvalue weighted by atomic mass is 16.4. The average Bonchev–Trinajstić information content (AvgIpc) is 2.74. The van der Waals surface area contributed by atoms with Gasteiger partial charge in [-0.3, -0.25) is 4.79 Å². The quantitative estimate of drug-likeness (QED) is 0.730. The van der Waals surface area contributed by atoms with Gasteiger partial charge < -0.3 is 15.0 Å². The molecule has 0 saturated heterocycles. The SMILES string of the molecule is CCn1ccnc1NCCC(C)CCC(=O)O. The van der Waals surface area contributed by atoms with Gasteiger partial charge in [-0.1, -0.05) is 6.92 Å². The van der Waals surface area contributed by atoms with Crippen molar-refractivity contribution in [3.05, 3.63) is 12.4 Å². The van der Waals surface area contributed by atoms with Crippen molar-refractivity contribution in [3.63, 3.8) is 0 Å². The van der Waals surface area contributed by atoms with E-state index in [9.17, 15) is 4.79 Å². The smallest absolute Gasteiger partial charge is 0.303 e. The highest BCUT2D eigenvalue weighted by Crippen LogP contribution is 2.11. The molecule has 1 rings (SSSR count). The first-order valence-electron chi connectivity index (χ1n) is 6.10. The normalized spacial score (nSPS) is 12.4. The summed E-state index contributed by atoms with van der Waals surface area (Å²) < 4.78 is 2.04. The zero-order valence-electron chi connectivity index (χ0n) is 10.5. The van der Waals surface area contributed by atoms with E-state index in [1.54, 1.807) is 6.20 Å². The Morgan fingerprint density at radius 1 is 1.59 bits per heavy atom. The fourth-order valence-corrected chi connectivity index (χ4v) is 1.68. The largest absolute Gasteiger partial charge is 0.481 e. The summed E-state index contributed by atoms with van der Waals surface area (Å²) in [5.74, 6) is 0.591. The van der Waals surface area contributed by atoms with Gasteiger partial charge in [-0.25, -0.2) is 4.98 Å². The third kappa shape index (κ3) is 4.89. The maximum atomic E-state index is 10.4. The predicted molar refractivity (Wildman–Crippen MR) is 67.0 cm³/mol. The summed E-state index contributed by atoms with van der Waals surface area (Å²) in [7, 11) is 0. The third-order valence-corrected chi connectivity index (χ3v) is 2.83. The van der Waals surface area contributed by atoms with Crippen LogP contribution in [-0.2, 0) is 11.3 Å². The molecule has 0 spiro atoms. The first-order chi connectivity index (χ1) is 8.13. The van der Waals surface area contributed by atoms with Crippen molar-refractivity contribution in [2.24, 2.45) is 5.92 Å². The fraction of sp³-hybridized carbons (Fsp3) is 0.667. The minimum absolute atomic E-state index is 0.255. The lowest BCUT2D eigenvalue weighted by Gasteiger charge is -2.11. The molecule has 0 saturated carbocycles. The van der Waals surface area contributed by atoms with Crippen molar-refractivity contribution in [2.45, 2.75) is 39.7 Å². The van der Waals surface area contributed by atoms with E-state index in [4.69, 9.17) is 5.11 Å². The first kappa shape index (κ1) is 13.5. The summed E-state index contributed by atoms with van der Waals surface area (Å²) in [5, 5.41) is 11.8. The highest BCUT2D eigenvalue weighted by Gasteiger charge is 2.06. The van der Waals surface area contributed by atoms with E-state index < -0.39 is 5.97 Å². The van der Waals surface area contributed by atoms with Crippen LogP contribution in [0.25, 0.3) is 0 Å². The van der Waals surface area contributed by atoms with Crippen LogP contribution in [0.4, 0.5) is 5.95 Å². The molecule has 1 atom stereocenters. The van der Waals surface area contributed by atoms with E-state index >= 15 is 0 Å². The Hall–Kier alpha value is -1.52. The lowest BCUT2D eigenvalue weighted by Crippen LogP contribution is -2.11. The molecule has 96 valence electrons. The molecule has 1 heterocycles. The Bertz CT molecular complexity index is 349. The number of carboxylic acid groups (broad SMARTS) is 1. The topological polar surface area (TPSA) is 67.2 Å². The summed E-state index contributed by atoms with van der Waals surface area (Å²) in [6, 6.07) is 0. The standard InChI is InChI=1S/C12H21N3O2/c1-3-15-9-8-14-12(15)13-7-6-10(2)4-5-11(16)17/h8-10H,3-7H2,1-2H3,(H,13,14)(H,16,17). The van der Waals surface area contributed by atoms with Crippen molar-refractivity contribution in [1.29, 1.82) is 0 Å². The van der Waals surface area contributed by atoms with Crippen LogP contribution < -0.4 is 5.32 Å². The minimum atomic E-state index is -0.716. The van der Waals surface area contributed by atoms with Gasteiger partial charge in [0.25, 0.3) is 0 Å². The Kier molecular flexibility index (Phi) is 5.52. The second-order valence-electron chi connectivity index (χ2n) is 4.29. The Labute approximate surface area is 102 Å².